The zero-order valence-electron chi connectivity index (χ0n) is 14.9. The maximum atomic E-state index is 12.0. The van der Waals surface area contributed by atoms with Gasteiger partial charge in [0, 0.05) is 17.2 Å². The third kappa shape index (κ3) is 4.88. The van der Waals surface area contributed by atoms with Crippen molar-refractivity contribution in [3.63, 3.8) is 0 Å². The SMILES string of the molecule is COc1cc(/C=N/NC(=O)Cn2nnc(-c3ccccc3)n2)cc(OC)c1. The number of methoxy groups -OCH3 is 2. The highest BCUT2D eigenvalue weighted by Gasteiger charge is 2.08. The van der Waals surface area contributed by atoms with Crippen LogP contribution in [0.15, 0.2) is 53.6 Å². The second kappa shape index (κ2) is 8.56. The van der Waals surface area contributed by atoms with Crippen molar-refractivity contribution in [1.29, 1.82) is 0 Å². The molecule has 0 aliphatic carbocycles. The van der Waals surface area contributed by atoms with E-state index >= 15 is 0 Å². The maximum Gasteiger partial charge on any atom is 0.263 e. The van der Waals surface area contributed by atoms with E-state index in [0.29, 0.717) is 17.3 Å². The molecule has 0 aliphatic rings. The first-order valence-corrected chi connectivity index (χ1v) is 8.06. The minimum atomic E-state index is -0.377. The molecule has 0 bridgehead atoms. The van der Waals surface area contributed by atoms with Crippen LogP contribution in [0.4, 0.5) is 0 Å². The Bertz CT molecular complexity index is 917. The van der Waals surface area contributed by atoms with E-state index < -0.39 is 0 Å². The Morgan fingerprint density at radius 2 is 1.85 bits per heavy atom. The molecule has 3 rings (SSSR count). The number of ether oxygens (including phenoxy) is 2. The summed E-state index contributed by atoms with van der Waals surface area (Å²) in [4.78, 5) is 13.2. The number of benzene rings is 2. The minimum Gasteiger partial charge on any atom is -0.497 e. The van der Waals surface area contributed by atoms with E-state index in [9.17, 15) is 4.79 Å². The second-order valence-electron chi connectivity index (χ2n) is 5.45. The van der Waals surface area contributed by atoms with E-state index in [1.54, 1.807) is 32.4 Å². The van der Waals surface area contributed by atoms with Crippen molar-refractivity contribution < 1.29 is 14.3 Å². The van der Waals surface area contributed by atoms with Gasteiger partial charge < -0.3 is 9.47 Å². The molecule has 9 nitrogen and oxygen atoms in total. The highest BCUT2D eigenvalue weighted by Crippen LogP contribution is 2.21. The van der Waals surface area contributed by atoms with Gasteiger partial charge in [-0.2, -0.15) is 9.90 Å². The standard InChI is InChI=1S/C18H18N6O3/c1-26-15-8-13(9-16(10-15)27-2)11-19-20-17(25)12-24-22-18(21-23-24)14-6-4-3-5-7-14/h3-11H,12H2,1-2H3,(H,20,25)/b19-11+. The molecule has 0 saturated carbocycles. The molecular weight excluding hydrogens is 348 g/mol. The van der Waals surface area contributed by atoms with Crippen molar-refractivity contribution in [2.75, 3.05) is 14.2 Å². The van der Waals surface area contributed by atoms with Crippen molar-refractivity contribution in [3.05, 3.63) is 54.1 Å². The van der Waals surface area contributed by atoms with Crippen LogP contribution in [0.25, 0.3) is 11.4 Å². The smallest absolute Gasteiger partial charge is 0.263 e. The van der Waals surface area contributed by atoms with Crippen LogP contribution in [0.2, 0.25) is 0 Å². The van der Waals surface area contributed by atoms with Gasteiger partial charge in [-0.3, -0.25) is 4.79 Å². The second-order valence-corrected chi connectivity index (χ2v) is 5.45. The van der Waals surface area contributed by atoms with Crippen LogP contribution in [-0.2, 0) is 11.3 Å². The van der Waals surface area contributed by atoms with Gasteiger partial charge in [0.15, 0.2) is 0 Å². The van der Waals surface area contributed by atoms with Crippen molar-refractivity contribution in [2.24, 2.45) is 5.10 Å². The van der Waals surface area contributed by atoms with Gasteiger partial charge in [0.05, 0.1) is 20.4 Å². The summed E-state index contributed by atoms with van der Waals surface area (Å²) in [5.41, 5.74) is 3.97. The number of hydrogen-bond donors (Lipinski definition) is 1. The van der Waals surface area contributed by atoms with Gasteiger partial charge in [-0.25, -0.2) is 5.43 Å². The fourth-order valence-corrected chi connectivity index (χ4v) is 2.26. The number of carbonyl (C=O) groups is 1. The Morgan fingerprint density at radius 3 is 2.52 bits per heavy atom. The topological polar surface area (TPSA) is 104 Å². The molecule has 27 heavy (non-hydrogen) atoms. The third-order valence-electron chi connectivity index (χ3n) is 3.55. The lowest BCUT2D eigenvalue weighted by atomic mass is 10.2. The first-order valence-electron chi connectivity index (χ1n) is 8.06. The van der Waals surface area contributed by atoms with Gasteiger partial charge >= 0.3 is 0 Å². The van der Waals surface area contributed by atoms with Crippen molar-refractivity contribution in [3.8, 4) is 22.9 Å². The number of hydrogen-bond acceptors (Lipinski definition) is 7. The highest BCUT2D eigenvalue weighted by atomic mass is 16.5. The number of rotatable bonds is 7. The first-order chi connectivity index (χ1) is 13.2. The summed E-state index contributed by atoms with van der Waals surface area (Å²) in [6, 6.07) is 14.7. The quantitative estimate of drug-likeness (QED) is 0.502. The normalized spacial score (nSPS) is 10.7. The fourth-order valence-electron chi connectivity index (χ4n) is 2.26. The molecule has 0 spiro atoms. The monoisotopic (exact) mass is 366 g/mol. The molecule has 0 fully saturated rings. The molecule has 0 radical (unpaired) electrons. The Hall–Kier alpha value is -3.75. The Balaban J connectivity index is 1.59. The summed E-state index contributed by atoms with van der Waals surface area (Å²) >= 11 is 0. The lowest BCUT2D eigenvalue weighted by molar-refractivity contribution is -0.122. The van der Waals surface area contributed by atoms with E-state index in [1.807, 2.05) is 30.3 Å². The summed E-state index contributed by atoms with van der Waals surface area (Å²) in [6.45, 7) is -0.0986. The molecule has 0 saturated heterocycles. The van der Waals surface area contributed by atoms with Gasteiger partial charge in [-0.1, -0.05) is 30.3 Å². The number of aromatic nitrogens is 4. The van der Waals surface area contributed by atoms with Gasteiger partial charge in [-0.05, 0) is 17.3 Å². The first kappa shape index (κ1) is 18.1. The summed E-state index contributed by atoms with van der Waals surface area (Å²) in [7, 11) is 3.12. The van der Waals surface area contributed by atoms with Gasteiger partial charge in [0.1, 0.15) is 18.0 Å². The van der Waals surface area contributed by atoms with E-state index in [1.165, 1.54) is 11.0 Å². The van der Waals surface area contributed by atoms with Crippen molar-refractivity contribution >= 4 is 12.1 Å². The average molecular weight is 366 g/mol. The molecule has 2 aromatic carbocycles. The molecule has 1 N–H and O–H groups in total. The molecule has 0 unspecified atom stereocenters. The van der Waals surface area contributed by atoms with E-state index in [-0.39, 0.29) is 12.5 Å². The number of nitrogens with one attached hydrogen (secondary N) is 1. The Labute approximate surface area is 155 Å². The number of nitrogens with zero attached hydrogens (tertiary/aromatic N) is 5. The zero-order chi connectivity index (χ0) is 19.1. The number of amides is 1. The Morgan fingerprint density at radius 1 is 1.15 bits per heavy atom. The van der Waals surface area contributed by atoms with Crippen LogP contribution in [0.1, 0.15) is 5.56 Å². The number of hydrazone groups is 1. The molecule has 1 heterocycles. The summed E-state index contributed by atoms with van der Waals surface area (Å²) in [6.07, 6.45) is 1.49. The molecule has 1 amide bonds. The summed E-state index contributed by atoms with van der Waals surface area (Å²) in [5.74, 6) is 1.33. The summed E-state index contributed by atoms with van der Waals surface area (Å²) in [5, 5.41) is 15.9. The minimum absolute atomic E-state index is 0.0986. The van der Waals surface area contributed by atoms with Crippen LogP contribution in [0.3, 0.4) is 0 Å². The third-order valence-corrected chi connectivity index (χ3v) is 3.55. The fraction of sp³-hybridized carbons (Fsp3) is 0.167. The van der Waals surface area contributed by atoms with Crippen LogP contribution < -0.4 is 14.9 Å². The molecule has 138 valence electrons. The van der Waals surface area contributed by atoms with Crippen molar-refractivity contribution in [2.45, 2.75) is 6.54 Å². The Kier molecular flexibility index (Phi) is 5.73. The van der Waals surface area contributed by atoms with Crippen molar-refractivity contribution in [1.82, 2.24) is 25.6 Å². The van der Waals surface area contributed by atoms with Crippen LogP contribution in [0.5, 0.6) is 11.5 Å². The lowest BCUT2D eigenvalue weighted by Gasteiger charge is -2.05. The van der Waals surface area contributed by atoms with Gasteiger partial charge in [0.2, 0.25) is 5.82 Å². The lowest BCUT2D eigenvalue weighted by Crippen LogP contribution is -2.24. The molecule has 9 heteroatoms. The molecule has 0 atom stereocenters. The van der Waals surface area contributed by atoms with E-state index in [4.69, 9.17) is 9.47 Å². The van der Waals surface area contributed by atoms with Crippen LogP contribution >= 0.6 is 0 Å². The highest BCUT2D eigenvalue weighted by molar-refractivity contribution is 5.83. The van der Waals surface area contributed by atoms with E-state index in [2.05, 4.69) is 25.9 Å². The van der Waals surface area contributed by atoms with Crippen LogP contribution in [-0.4, -0.2) is 46.5 Å². The molecule has 0 aliphatic heterocycles. The maximum absolute atomic E-state index is 12.0. The predicted molar refractivity (Wildman–Crippen MR) is 98.5 cm³/mol. The average Bonchev–Trinajstić information content (AvgIpc) is 3.16. The van der Waals surface area contributed by atoms with Crippen LogP contribution in [0, 0.1) is 0 Å². The molecule has 1 aromatic heterocycles. The number of tetrazole rings is 1. The molecule has 3 aromatic rings. The summed E-state index contributed by atoms with van der Waals surface area (Å²) < 4.78 is 10.4. The largest absolute Gasteiger partial charge is 0.497 e. The van der Waals surface area contributed by atoms with Gasteiger partial charge in [0.25, 0.3) is 5.91 Å². The molecular formula is C18H18N6O3. The van der Waals surface area contributed by atoms with Gasteiger partial charge in [-0.15, -0.1) is 10.2 Å². The number of carbonyl (C=O) groups excluding carboxylic acids is 1. The van der Waals surface area contributed by atoms with E-state index in [0.717, 1.165) is 11.1 Å². The zero-order valence-corrected chi connectivity index (χ0v) is 14.9. The predicted octanol–water partition coefficient (Wildman–Crippen LogP) is 1.51.